The number of rotatable bonds is 7. The Hall–Kier alpha value is -3.51. The van der Waals surface area contributed by atoms with Crippen molar-refractivity contribution in [2.24, 2.45) is 10.2 Å². The Morgan fingerprint density at radius 3 is 2.36 bits per heavy atom. The molecule has 12 heteroatoms. The summed E-state index contributed by atoms with van der Waals surface area (Å²) in [6.45, 7) is 1.10. The molecule has 2 aromatic carbocycles. The second-order valence-corrected chi connectivity index (χ2v) is 6.89. The molecule has 0 saturated heterocycles. The number of benzene rings is 2. The quantitative estimate of drug-likeness (QED) is 0.234. The number of nitrogens with zero attached hydrogens (tertiary/aromatic N) is 3. The van der Waals surface area contributed by atoms with Gasteiger partial charge in [-0.1, -0.05) is 18.2 Å². The van der Waals surface area contributed by atoms with Crippen LogP contribution in [0.15, 0.2) is 63.7 Å². The van der Waals surface area contributed by atoms with E-state index in [1.165, 1.54) is 0 Å². The molecule has 0 saturated carbocycles. The molecule has 0 aliphatic heterocycles. The Morgan fingerprint density at radius 2 is 1.82 bits per heavy atom. The number of amides is 1. The molecule has 28 heavy (non-hydrogen) atoms. The fourth-order valence-corrected chi connectivity index (χ4v) is 2.57. The summed E-state index contributed by atoms with van der Waals surface area (Å²) in [4.78, 5) is 33.5. The van der Waals surface area contributed by atoms with Crippen LogP contribution in [0.1, 0.15) is 6.92 Å². The van der Waals surface area contributed by atoms with Gasteiger partial charge in [-0.3, -0.25) is 24.3 Å². The van der Waals surface area contributed by atoms with Gasteiger partial charge in [0.2, 0.25) is 6.04 Å². The summed E-state index contributed by atoms with van der Waals surface area (Å²) in [6.07, 6.45) is 0. The number of hydrogen-bond donors (Lipinski definition) is 2. The Labute approximate surface area is 159 Å². The molecule has 2 rings (SSSR count). The van der Waals surface area contributed by atoms with E-state index in [0.29, 0.717) is 11.8 Å². The van der Waals surface area contributed by atoms with Crippen LogP contribution in [0, 0.1) is 10.1 Å². The number of hydrogen-bond acceptors (Lipinski definition) is 8. The molecule has 2 aromatic rings. The third-order valence-corrected chi connectivity index (χ3v) is 4.25. The zero-order valence-electron chi connectivity index (χ0n) is 14.3. The molecule has 0 fully saturated rings. The van der Waals surface area contributed by atoms with Crippen LogP contribution >= 0.6 is 0 Å². The van der Waals surface area contributed by atoms with Crippen molar-refractivity contribution in [3.8, 4) is 0 Å². The number of nitrogens with one attached hydrogen (secondary N) is 1. The van der Waals surface area contributed by atoms with Gasteiger partial charge in [0, 0.05) is 11.8 Å². The molecule has 0 bridgehead atoms. The predicted molar refractivity (Wildman–Crippen MR) is 97.0 cm³/mol. The minimum atomic E-state index is -4.66. The molecule has 0 heterocycles. The van der Waals surface area contributed by atoms with Crippen LogP contribution in [0.4, 0.5) is 17.1 Å². The lowest BCUT2D eigenvalue weighted by Gasteiger charge is -2.09. The second-order valence-electron chi connectivity index (χ2n) is 5.47. The average molecular weight is 406 g/mol. The third-order valence-electron chi connectivity index (χ3n) is 3.40. The first kappa shape index (κ1) is 20.8. The van der Waals surface area contributed by atoms with Gasteiger partial charge in [-0.15, -0.1) is 5.11 Å². The number of carbonyl (C=O) groups is 2. The monoisotopic (exact) mass is 406 g/mol. The van der Waals surface area contributed by atoms with Crippen LogP contribution in [0.25, 0.3) is 0 Å². The van der Waals surface area contributed by atoms with Gasteiger partial charge < -0.3 is 5.32 Å². The van der Waals surface area contributed by atoms with E-state index in [-0.39, 0.29) is 0 Å². The van der Waals surface area contributed by atoms with Gasteiger partial charge in [-0.2, -0.15) is 13.5 Å². The molecular formula is C16H14N4O7S. The summed E-state index contributed by atoms with van der Waals surface area (Å²) in [5.74, 6) is -1.45. The Kier molecular flexibility index (Phi) is 6.28. The number of para-hydroxylation sites is 1. The second kappa shape index (κ2) is 8.45. The van der Waals surface area contributed by atoms with Crippen LogP contribution in [-0.4, -0.2) is 35.6 Å². The number of anilines is 1. The van der Waals surface area contributed by atoms with Gasteiger partial charge in [0.25, 0.3) is 21.7 Å². The number of ketones is 1. The summed E-state index contributed by atoms with van der Waals surface area (Å²) in [6, 6.07) is 9.07. The van der Waals surface area contributed by atoms with E-state index in [2.05, 4.69) is 15.5 Å². The van der Waals surface area contributed by atoms with Crippen LogP contribution < -0.4 is 5.32 Å². The fraction of sp³-hybridized carbons (Fsp3) is 0.125. The highest BCUT2D eigenvalue weighted by Gasteiger charge is 2.25. The summed E-state index contributed by atoms with van der Waals surface area (Å²) < 4.78 is 31.2. The van der Waals surface area contributed by atoms with Gasteiger partial charge in [-0.25, -0.2) is 0 Å². The summed E-state index contributed by atoms with van der Waals surface area (Å²) >= 11 is 0. The van der Waals surface area contributed by atoms with Crippen molar-refractivity contribution in [3.63, 3.8) is 0 Å². The first-order valence-corrected chi connectivity index (χ1v) is 9.06. The van der Waals surface area contributed by atoms with Crippen LogP contribution in [0.3, 0.4) is 0 Å². The summed E-state index contributed by atoms with van der Waals surface area (Å²) in [5.41, 5.74) is -0.752. The Morgan fingerprint density at radius 1 is 1.18 bits per heavy atom. The van der Waals surface area contributed by atoms with E-state index < -0.39 is 49.0 Å². The molecule has 0 spiro atoms. The molecule has 0 radical (unpaired) electrons. The normalized spacial score (nSPS) is 12.5. The molecule has 1 amide bonds. The standard InChI is InChI=1S/C16H14N4O7S/c1-10(21)15(16(22)17-11-5-3-2-4-6-11)19-18-13-8-7-12(28(25,26)27)9-14(13)20(23)24/h2-9,15H,1H3,(H,17,22)(H,25,26,27)/t15-/m0/s1. The maximum Gasteiger partial charge on any atom is 0.298 e. The van der Waals surface area contributed by atoms with E-state index in [9.17, 15) is 28.1 Å². The van der Waals surface area contributed by atoms with Crippen molar-refractivity contribution in [2.75, 3.05) is 5.32 Å². The zero-order chi connectivity index (χ0) is 20.9. The molecule has 0 aliphatic carbocycles. The molecule has 146 valence electrons. The van der Waals surface area contributed by atoms with E-state index in [4.69, 9.17) is 4.55 Å². The minimum absolute atomic E-state index is 0.392. The first-order valence-electron chi connectivity index (χ1n) is 7.62. The lowest BCUT2D eigenvalue weighted by molar-refractivity contribution is -0.384. The Balaban J connectivity index is 2.33. The van der Waals surface area contributed by atoms with Crippen molar-refractivity contribution >= 4 is 38.9 Å². The van der Waals surface area contributed by atoms with E-state index in [0.717, 1.165) is 19.1 Å². The fourth-order valence-electron chi connectivity index (χ4n) is 2.06. The molecule has 11 nitrogen and oxygen atoms in total. The maximum atomic E-state index is 12.2. The van der Waals surface area contributed by atoms with Crippen molar-refractivity contribution in [3.05, 3.63) is 58.6 Å². The lowest BCUT2D eigenvalue weighted by Crippen LogP contribution is -2.31. The highest BCUT2D eigenvalue weighted by molar-refractivity contribution is 7.85. The molecule has 0 aromatic heterocycles. The minimum Gasteiger partial charge on any atom is -0.324 e. The largest absolute Gasteiger partial charge is 0.324 e. The molecule has 1 atom stereocenters. The zero-order valence-corrected chi connectivity index (χ0v) is 15.2. The SMILES string of the molecule is CC(=O)[C@H](N=Nc1ccc(S(=O)(=O)O)cc1[N+](=O)[O-])C(=O)Nc1ccccc1. The van der Waals surface area contributed by atoms with Crippen molar-refractivity contribution in [1.82, 2.24) is 0 Å². The average Bonchev–Trinajstić information content (AvgIpc) is 2.61. The molecule has 2 N–H and O–H groups in total. The number of azo groups is 1. The lowest BCUT2D eigenvalue weighted by atomic mass is 10.2. The van der Waals surface area contributed by atoms with Gasteiger partial charge >= 0.3 is 0 Å². The highest BCUT2D eigenvalue weighted by Crippen LogP contribution is 2.30. The number of carbonyl (C=O) groups excluding carboxylic acids is 2. The Bertz CT molecular complexity index is 1050. The van der Waals surface area contributed by atoms with Crippen LogP contribution in [0.2, 0.25) is 0 Å². The molecular weight excluding hydrogens is 392 g/mol. The van der Waals surface area contributed by atoms with Crippen molar-refractivity contribution in [1.29, 1.82) is 0 Å². The van der Waals surface area contributed by atoms with Gasteiger partial charge in [0.15, 0.2) is 11.5 Å². The first-order chi connectivity index (χ1) is 13.1. The number of nitro groups is 1. The van der Waals surface area contributed by atoms with Gasteiger partial charge in [0.05, 0.1) is 4.92 Å². The molecule has 0 aliphatic rings. The van der Waals surface area contributed by atoms with Crippen molar-refractivity contribution in [2.45, 2.75) is 17.9 Å². The number of nitro benzene ring substituents is 1. The summed E-state index contributed by atoms with van der Waals surface area (Å²) in [5, 5.41) is 20.7. The topological polar surface area (TPSA) is 168 Å². The smallest absolute Gasteiger partial charge is 0.298 e. The maximum absolute atomic E-state index is 12.2. The third kappa shape index (κ3) is 5.25. The van der Waals surface area contributed by atoms with Gasteiger partial charge in [0.1, 0.15) is 4.90 Å². The molecule has 0 unspecified atom stereocenters. The predicted octanol–water partition coefficient (Wildman–Crippen LogP) is 2.52. The van der Waals surface area contributed by atoms with Gasteiger partial charge in [-0.05, 0) is 31.2 Å². The van der Waals surface area contributed by atoms with E-state index in [1.807, 2.05) is 0 Å². The summed E-state index contributed by atoms with van der Waals surface area (Å²) in [7, 11) is -4.66. The van der Waals surface area contributed by atoms with E-state index >= 15 is 0 Å². The number of Topliss-reactive ketones (excluding diaryl/α,β-unsaturated/α-hetero) is 1. The van der Waals surface area contributed by atoms with Crippen LogP contribution in [0.5, 0.6) is 0 Å². The van der Waals surface area contributed by atoms with Crippen LogP contribution in [-0.2, 0) is 19.7 Å². The highest BCUT2D eigenvalue weighted by atomic mass is 32.2. The van der Waals surface area contributed by atoms with Crippen molar-refractivity contribution < 1.29 is 27.5 Å². The van der Waals surface area contributed by atoms with E-state index in [1.54, 1.807) is 30.3 Å².